The number of carbonyl (C=O) groups is 1. The number of aliphatic hydroxyl groups is 1. The molecule has 1 amide bonds. The molecule has 2 aromatic carbocycles. The Labute approximate surface area is 188 Å². The predicted molar refractivity (Wildman–Crippen MR) is 114 cm³/mol. The summed E-state index contributed by atoms with van der Waals surface area (Å²) < 4.78 is 43.3. The molecule has 1 heterocycles. The van der Waals surface area contributed by atoms with Crippen molar-refractivity contribution < 1.29 is 23.1 Å². The summed E-state index contributed by atoms with van der Waals surface area (Å²) in [5.41, 5.74) is 0.809. The second-order valence-corrected chi connectivity index (χ2v) is 8.46. The van der Waals surface area contributed by atoms with Gasteiger partial charge in [-0.05, 0) is 59.9 Å². The predicted octanol–water partition coefficient (Wildman–Crippen LogP) is 5.28. The molecule has 1 aliphatic heterocycles. The minimum atomic E-state index is -3.43. The monoisotopic (exact) mass is 472 g/mol. The van der Waals surface area contributed by atoms with Gasteiger partial charge in [0.25, 0.3) is 5.92 Å². The van der Waals surface area contributed by atoms with E-state index in [1.165, 1.54) is 41.3 Å². The number of amides is 1. The van der Waals surface area contributed by atoms with Crippen LogP contribution in [0.15, 0.2) is 36.4 Å². The fourth-order valence-corrected chi connectivity index (χ4v) is 4.23. The Bertz CT molecular complexity index is 979. The third kappa shape index (κ3) is 5.40. The molecule has 1 atom stereocenters. The highest BCUT2D eigenvalue weighted by molar-refractivity contribution is 6.31. The Kier molecular flexibility index (Phi) is 7.29. The number of rotatable bonds is 6. The molecule has 2 N–H and O–H groups in total. The van der Waals surface area contributed by atoms with Crippen LogP contribution in [0.25, 0.3) is 0 Å². The highest BCUT2D eigenvalue weighted by Crippen LogP contribution is 2.43. The molecule has 3 rings (SSSR count). The van der Waals surface area contributed by atoms with Gasteiger partial charge in [0.2, 0.25) is 5.91 Å². The van der Waals surface area contributed by atoms with Crippen LogP contribution in [0.2, 0.25) is 10.0 Å². The topological polar surface area (TPSA) is 64.4 Å². The number of carbonyl (C=O) groups excluding carboxylic acids is 1. The summed E-state index contributed by atoms with van der Waals surface area (Å²) >= 11 is 11.6. The molecular weight excluding hydrogens is 452 g/mol. The molecule has 1 fully saturated rings. The van der Waals surface area contributed by atoms with Crippen LogP contribution in [-0.2, 0) is 11.2 Å². The fourth-order valence-electron chi connectivity index (χ4n) is 3.77. The van der Waals surface area contributed by atoms with Crippen molar-refractivity contribution in [2.24, 2.45) is 5.92 Å². The Morgan fingerprint density at radius 1 is 1.23 bits per heavy atom. The average molecular weight is 473 g/mol. The van der Waals surface area contributed by atoms with Crippen molar-refractivity contribution in [2.75, 3.05) is 13.1 Å². The SMILES string of the molecule is N=Cc1cc(Cl)cc(C(O)C(F)(F)C2CCN(C(=O)Cc3ccc(F)c(Cl)c3)CC2)c1. The smallest absolute Gasteiger partial charge is 0.280 e. The van der Waals surface area contributed by atoms with Crippen LogP contribution in [-0.4, -0.2) is 41.1 Å². The van der Waals surface area contributed by atoms with Crippen LogP contribution >= 0.6 is 23.2 Å². The molecule has 166 valence electrons. The van der Waals surface area contributed by atoms with Crippen LogP contribution in [0.4, 0.5) is 13.2 Å². The number of likely N-dealkylation sites (tertiary alicyclic amines) is 1. The van der Waals surface area contributed by atoms with E-state index < -0.39 is 23.8 Å². The van der Waals surface area contributed by atoms with Crippen LogP contribution in [0, 0.1) is 17.1 Å². The Balaban J connectivity index is 1.63. The number of alkyl halides is 2. The Hall–Kier alpha value is -2.09. The lowest BCUT2D eigenvalue weighted by Crippen LogP contribution is -2.45. The third-order valence-corrected chi connectivity index (χ3v) is 6.03. The number of nitrogens with zero attached hydrogens (tertiary/aromatic N) is 1. The molecule has 9 heteroatoms. The van der Waals surface area contributed by atoms with Crippen molar-refractivity contribution in [1.82, 2.24) is 4.90 Å². The molecule has 0 saturated carbocycles. The molecule has 1 saturated heterocycles. The summed E-state index contributed by atoms with van der Waals surface area (Å²) in [6.45, 7) is 0.254. The molecule has 31 heavy (non-hydrogen) atoms. The number of halogens is 5. The molecule has 0 aliphatic carbocycles. The molecule has 2 aromatic rings. The molecule has 0 aromatic heterocycles. The lowest BCUT2D eigenvalue weighted by molar-refractivity contribution is -0.164. The second kappa shape index (κ2) is 9.59. The molecule has 0 radical (unpaired) electrons. The normalized spacial score (nSPS) is 16.3. The second-order valence-electron chi connectivity index (χ2n) is 7.62. The first-order valence-electron chi connectivity index (χ1n) is 9.70. The number of aliphatic hydroxyl groups excluding tert-OH is 1. The van der Waals surface area contributed by atoms with E-state index in [-0.39, 0.29) is 53.9 Å². The quantitative estimate of drug-likeness (QED) is 0.561. The van der Waals surface area contributed by atoms with Crippen molar-refractivity contribution >= 4 is 35.3 Å². The minimum Gasteiger partial charge on any atom is -0.382 e. The third-order valence-electron chi connectivity index (χ3n) is 5.52. The van der Waals surface area contributed by atoms with Crippen LogP contribution in [0.3, 0.4) is 0 Å². The molecule has 1 unspecified atom stereocenters. The molecule has 0 bridgehead atoms. The van der Waals surface area contributed by atoms with Gasteiger partial charge in [-0.2, -0.15) is 0 Å². The maximum absolute atomic E-state index is 15.0. The van der Waals surface area contributed by atoms with E-state index in [1.54, 1.807) is 0 Å². The van der Waals surface area contributed by atoms with Crippen LogP contribution < -0.4 is 0 Å². The molecule has 4 nitrogen and oxygen atoms in total. The maximum atomic E-state index is 15.0. The van der Waals surface area contributed by atoms with Gasteiger partial charge in [0.05, 0.1) is 11.4 Å². The van der Waals surface area contributed by atoms with Gasteiger partial charge in [-0.25, -0.2) is 13.2 Å². The van der Waals surface area contributed by atoms with E-state index in [2.05, 4.69) is 0 Å². The minimum absolute atomic E-state index is 0.00139. The van der Waals surface area contributed by atoms with E-state index in [4.69, 9.17) is 28.6 Å². The first-order valence-corrected chi connectivity index (χ1v) is 10.5. The van der Waals surface area contributed by atoms with Crippen molar-refractivity contribution in [3.05, 3.63) is 69.0 Å². The fraction of sp³-hybridized carbons (Fsp3) is 0.364. The highest BCUT2D eigenvalue weighted by Gasteiger charge is 2.48. The first-order chi connectivity index (χ1) is 14.6. The average Bonchev–Trinajstić information content (AvgIpc) is 2.75. The van der Waals surface area contributed by atoms with Gasteiger partial charge in [-0.15, -0.1) is 0 Å². The summed E-state index contributed by atoms with van der Waals surface area (Å²) in [6.07, 6.45) is -1.05. The van der Waals surface area contributed by atoms with E-state index in [0.29, 0.717) is 11.1 Å². The van der Waals surface area contributed by atoms with Gasteiger partial charge < -0.3 is 15.4 Å². The van der Waals surface area contributed by atoms with E-state index in [0.717, 1.165) is 6.21 Å². The van der Waals surface area contributed by atoms with Gasteiger partial charge in [0.1, 0.15) is 11.9 Å². The van der Waals surface area contributed by atoms with Crippen molar-refractivity contribution in [1.29, 1.82) is 5.41 Å². The maximum Gasteiger partial charge on any atom is 0.280 e. The lowest BCUT2D eigenvalue weighted by atomic mass is 9.85. The highest BCUT2D eigenvalue weighted by atomic mass is 35.5. The van der Waals surface area contributed by atoms with Gasteiger partial charge in [0, 0.05) is 30.2 Å². The van der Waals surface area contributed by atoms with Crippen molar-refractivity contribution in [2.45, 2.75) is 31.3 Å². The number of benzene rings is 2. The number of nitrogens with one attached hydrogen (secondary N) is 1. The lowest BCUT2D eigenvalue weighted by Gasteiger charge is -2.38. The first kappa shape index (κ1) is 23.6. The summed E-state index contributed by atoms with van der Waals surface area (Å²) in [5.74, 6) is -5.37. The van der Waals surface area contributed by atoms with Gasteiger partial charge in [-0.1, -0.05) is 29.3 Å². The molecule has 1 aliphatic rings. The largest absolute Gasteiger partial charge is 0.382 e. The molecule has 0 spiro atoms. The van der Waals surface area contributed by atoms with Gasteiger partial charge in [0.15, 0.2) is 0 Å². The molecular formula is C22H21Cl2F3N2O2. The Morgan fingerprint density at radius 2 is 1.90 bits per heavy atom. The zero-order valence-electron chi connectivity index (χ0n) is 16.4. The summed E-state index contributed by atoms with van der Waals surface area (Å²) in [4.78, 5) is 14.0. The van der Waals surface area contributed by atoms with Gasteiger partial charge in [-0.3, -0.25) is 4.79 Å². The van der Waals surface area contributed by atoms with Crippen molar-refractivity contribution in [3.8, 4) is 0 Å². The Morgan fingerprint density at radius 3 is 2.52 bits per heavy atom. The summed E-state index contributed by atoms with van der Waals surface area (Å²) in [7, 11) is 0. The number of hydrogen-bond donors (Lipinski definition) is 2. The summed E-state index contributed by atoms with van der Waals surface area (Å²) in [5, 5.41) is 17.7. The zero-order valence-corrected chi connectivity index (χ0v) is 17.9. The van der Waals surface area contributed by atoms with Crippen molar-refractivity contribution in [3.63, 3.8) is 0 Å². The number of piperidine rings is 1. The van der Waals surface area contributed by atoms with E-state index in [1.807, 2.05) is 0 Å². The van der Waals surface area contributed by atoms with Crippen LogP contribution in [0.5, 0.6) is 0 Å². The van der Waals surface area contributed by atoms with Crippen LogP contribution in [0.1, 0.15) is 35.6 Å². The standard InChI is InChI=1S/C22H21Cl2F3N2O2/c23-17-8-14(12-28)7-15(11-17)21(31)22(26,27)16-3-5-29(6-4-16)20(30)10-13-1-2-19(25)18(24)9-13/h1-2,7-9,11-12,16,21,28,31H,3-6,10H2. The van der Waals surface area contributed by atoms with E-state index in [9.17, 15) is 14.3 Å². The number of hydrogen-bond acceptors (Lipinski definition) is 3. The van der Waals surface area contributed by atoms with Gasteiger partial charge >= 0.3 is 0 Å². The zero-order chi connectivity index (χ0) is 22.8. The summed E-state index contributed by atoms with van der Waals surface area (Å²) in [6, 6.07) is 8.03. The van der Waals surface area contributed by atoms with E-state index >= 15 is 8.78 Å².